The summed E-state index contributed by atoms with van der Waals surface area (Å²) in [5.74, 6) is 0. The lowest BCUT2D eigenvalue weighted by Gasteiger charge is -2.07. The lowest BCUT2D eigenvalue weighted by Crippen LogP contribution is -2.10. The predicted molar refractivity (Wildman–Crippen MR) is 42.4 cm³/mol. The van der Waals surface area contributed by atoms with E-state index in [4.69, 9.17) is 0 Å². The maximum absolute atomic E-state index is 11.8. The minimum atomic E-state index is -4.38. The molecule has 0 amide bonds. The summed E-state index contributed by atoms with van der Waals surface area (Å²) in [6, 6.07) is 0. The molecule has 62 valence electrons. The summed E-state index contributed by atoms with van der Waals surface area (Å²) in [6.45, 7) is 6.11. The van der Waals surface area contributed by atoms with Gasteiger partial charge >= 0.3 is 6.18 Å². The van der Waals surface area contributed by atoms with Gasteiger partial charge in [0.05, 0.1) is 5.57 Å². The molecule has 4 heteroatoms. The van der Waals surface area contributed by atoms with Crippen molar-refractivity contribution in [1.29, 1.82) is 0 Å². The molecule has 0 aromatic rings. The van der Waals surface area contributed by atoms with Crippen LogP contribution in [0.5, 0.6) is 0 Å². The lowest BCUT2D eigenvalue weighted by molar-refractivity contribution is -0.0880. The van der Waals surface area contributed by atoms with E-state index < -0.39 is 11.7 Å². The molecule has 0 rings (SSSR count). The van der Waals surface area contributed by atoms with Gasteiger partial charge in [0.25, 0.3) is 0 Å². The number of hydrogen-bond donors (Lipinski definition) is 0. The van der Waals surface area contributed by atoms with E-state index in [9.17, 15) is 13.2 Å². The van der Waals surface area contributed by atoms with Crippen LogP contribution in [0.4, 0.5) is 13.2 Å². The van der Waals surface area contributed by atoms with E-state index in [-0.39, 0.29) is 4.48 Å². The van der Waals surface area contributed by atoms with Gasteiger partial charge in [-0.15, -0.1) is 0 Å². The van der Waals surface area contributed by atoms with Crippen molar-refractivity contribution in [1.82, 2.24) is 0 Å². The van der Waals surface area contributed by atoms with Crippen LogP contribution in [0.2, 0.25) is 0 Å². The molecule has 0 atom stereocenters. The molecule has 0 aliphatic heterocycles. The number of rotatable bonds is 2. The van der Waals surface area contributed by atoms with Crippen LogP contribution in [0.25, 0.3) is 0 Å². The topological polar surface area (TPSA) is 0 Å². The Labute approximate surface area is 71.2 Å². The van der Waals surface area contributed by atoms with Gasteiger partial charge in [0, 0.05) is 4.48 Å². The Morgan fingerprint density at radius 3 is 2.09 bits per heavy atom. The first kappa shape index (κ1) is 10.5. The average Bonchev–Trinajstić information content (AvgIpc) is 1.85. The Morgan fingerprint density at radius 1 is 1.36 bits per heavy atom. The molecule has 0 fully saturated rings. The van der Waals surface area contributed by atoms with Gasteiger partial charge < -0.3 is 0 Å². The van der Waals surface area contributed by atoms with Crippen LogP contribution in [0.15, 0.2) is 35.4 Å². The molecule has 0 saturated heterocycles. The van der Waals surface area contributed by atoms with Crippen molar-refractivity contribution in [2.24, 2.45) is 0 Å². The highest BCUT2D eigenvalue weighted by Gasteiger charge is 2.33. The van der Waals surface area contributed by atoms with Gasteiger partial charge in [-0.3, -0.25) is 0 Å². The Balaban J connectivity index is 4.51. The summed E-state index contributed by atoms with van der Waals surface area (Å²) in [5.41, 5.74) is -0.905. The smallest absolute Gasteiger partial charge is 0.166 e. The summed E-state index contributed by atoms with van der Waals surface area (Å²) < 4.78 is 35.4. The maximum atomic E-state index is 11.8. The average molecular weight is 227 g/mol. The SMILES string of the molecule is C=C/C=C(/Br)C(=C)C(F)(F)F. The molecular formula is C7H6BrF3. The zero-order valence-corrected chi connectivity index (χ0v) is 7.17. The minimum absolute atomic E-state index is 0.0972. The quantitative estimate of drug-likeness (QED) is 0.632. The molecule has 0 aliphatic rings. The van der Waals surface area contributed by atoms with Crippen molar-refractivity contribution < 1.29 is 13.2 Å². The fraction of sp³-hybridized carbons (Fsp3) is 0.143. The molecule has 0 aromatic heterocycles. The predicted octanol–water partition coefficient (Wildman–Crippen LogP) is 3.57. The molecule has 0 nitrogen and oxygen atoms in total. The second kappa shape index (κ2) is 3.76. The van der Waals surface area contributed by atoms with Crippen LogP contribution in [-0.2, 0) is 0 Å². The largest absolute Gasteiger partial charge is 0.416 e. The first-order valence-electron chi connectivity index (χ1n) is 2.64. The highest BCUT2D eigenvalue weighted by molar-refractivity contribution is 9.12. The second-order valence-electron chi connectivity index (χ2n) is 1.73. The molecule has 0 radical (unpaired) electrons. The fourth-order valence-corrected chi connectivity index (χ4v) is 0.751. The van der Waals surface area contributed by atoms with E-state index in [0.29, 0.717) is 0 Å². The van der Waals surface area contributed by atoms with Crippen LogP contribution in [0.1, 0.15) is 0 Å². The van der Waals surface area contributed by atoms with Gasteiger partial charge in [0.1, 0.15) is 0 Å². The van der Waals surface area contributed by atoms with E-state index in [0.717, 1.165) is 0 Å². The van der Waals surface area contributed by atoms with Crippen LogP contribution in [0, 0.1) is 0 Å². The Bertz CT molecular complexity index is 200. The normalized spacial score (nSPS) is 12.9. The Hall–Kier alpha value is -0.510. The summed E-state index contributed by atoms with van der Waals surface area (Å²) in [6.07, 6.45) is -1.94. The van der Waals surface area contributed by atoms with Crippen LogP contribution >= 0.6 is 15.9 Å². The zero-order valence-electron chi connectivity index (χ0n) is 5.58. The van der Waals surface area contributed by atoms with E-state index in [2.05, 4.69) is 29.1 Å². The molecular weight excluding hydrogens is 221 g/mol. The Morgan fingerprint density at radius 2 is 1.82 bits per heavy atom. The fourth-order valence-electron chi connectivity index (χ4n) is 0.339. The molecule has 0 unspecified atom stereocenters. The van der Waals surface area contributed by atoms with Gasteiger partial charge in [-0.2, -0.15) is 13.2 Å². The van der Waals surface area contributed by atoms with E-state index in [1.165, 1.54) is 12.2 Å². The van der Waals surface area contributed by atoms with Crippen molar-refractivity contribution in [2.75, 3.05) is 0 Å². The van der Waals surface area contributed by atoms with Crippen molar-refractivity contribution in [2.45, 2.75) is 6.18 Å². The summed E-state index contributed by atoms with van der Waals surface area (Å²) in [5, 5.41) is 0. The van der Waals surface area contributed by atoms with Crippen molar-refractivity contribution in [3.63, 3.8) is 0 Å². The number of allylic oxidation sites excluding steroid dienone is 4. The van der Waals surface area contributed by atoms with Crippen LogP contribution in [0.3, 0.4) is 0 Å². The molecule has 0 heterocycles. The van der Waals surface area contributed by atoms with Gasteiger partial charge in [0.2, 0.25) is 0 Å². The van der Waals surface area contributed by atoms with E-state index in [1.807, 2.05) is 0 Å². The third-order valence-electron chi connectivity index (χ3n) is 0.895. The highest BCUT2D eigenvalue weighted by atomic mass is 79.9. The third kappa shape index (κ3) is 3.41. The molecule has 0 N–H and O–H groups in total. The maximum Gasteiger partial charge on any atom is 0.416 e. The second-order valence-corrected chi connectivity index (χ2v) is 2.58. The summed E-state index contributed by atoms with van der Waals surface area (Å²) in [4.78, 5) is 0. The van der Waals surface area contributed by atoms with Crippen molar-refractivity contribution >= 4 is 15.9 Å². The molecule has 0 bridgehead atoms. The van der Waals surface area contributed by atoms with Crippen LogP contribution < -0.4 is 0 Å². The zero-order chi connectivity index (χ0) is 9.07. The summed E-state index contributed by atoms with van der Waals surface area (Å²) in [7, 11) is 0. The standard InChI is InChI=1S/C7H6BrF3/c1-3-4-6(8)5(2)7(9,10)11/h3-4H,1-2H2/b6-4+. The van der Waals surface area contributed by atoms with Gasteiger partial charge in [-0.25, -0.2) is 0 Å². The monoisotopic (exact) mass is 226 g/mol. The minimum Gasteiger partial charge on any atom is -0.166 e. The third-order valence-corrected chi connectivity index (χ3v) is 1.64. The molecule has 0 aliphatic carbocycles. The first-order valence-corrected chi connectivity index (χ1v) is 3.43. The van der Waals surface area contributed by atoms with E-state index in [1.54, 1.807) is 0 Å². The Kier molecular flexibility index (Phi) is 3.58. The number of alkyl halides is 3. The van der Waals surface area contributed by atoms with Gasteiger partial charge in [-0.1, -0.05) is 35.2 Å². The number of hydrogen-bond acceptors (Lipinski definition) is 0. The first-order chi connectivity index (χ1) is 4.89. The lowest BCUT2D eigenvalue weighted by atomic mass is 10.2. The molecule has 0 spiro atoms. The van der Waals surface area contributed by atoms with Crippen molar-refractivity contribution in [3.8, 4) is 0 Å². The van der Waals surface area contributed by atoms with Gasteiger partial charge in [0.15, 0.2) is 0 Å². The summed E-state index contributed by atoms with van der Waals surface area (Å²) >= 11 is 2.71. The molecule has 0 aromatic carbocycles. The number of halogens is 4. The molecule has 11 heavy (non-hydrogen) atoms. The molecule has 0 saturated carbocycles. The van der Waals surface area contributed by atoms with E-state index >= 15 is 0 Å². The highest BCUT2D eigenvalue weighted by Crippen LogP contribution is 2.32. The van der Waals surface area contributed by atoms with Gasteiger partial charge in [-0.05, 0) is 6.08 Å². The van der Waals surface area contributed by atoms with Crippen molar-refractivity contribution in [3.05, 3.63) is 35.4 Å². The van der Waals surface area contributed by atoms with Crippen LogP contribution in [-0.4, -0.2) is 6.18 Å².